The van der Waals surface area contributed by atoms with E-state index in [9.17, 15) is 9.90 Å². The molecule has 0 radical (unpaired) electrons. The Bertz CT molecular complexity index is 1080. The molecule has 2 aromatic rings. The first-order valence-corrected chi connectivity index (χ1v) is 13.2. The van der Waals surface area contributed by atoms with Crippen LogP contribution < -0.4 is 9.84 Å². The lowest BCUT2D eigenvalue weighted by atomic mass is 9.79. The number of amides is 1. The summed E-state index contributed by atoms with van der Waals surface area (Å²) in [6.07, 6.45) is 2.02. The van der Waals surface area contributed by atoms with E-state index in [2.05, 4.69) is 63.8 Å². The van der Waals surface area contributed by atoms with Gasteiger partial charge in [0.15, 0.2) is 0 Å². The van der Waals surface area contributed by atoms with Crippen LogP contribution in [-0.2, 0) is 6.42 Å². The van der Waals surface area contributed by atoms with Crippen molar-refractivity contribution in [2.24, 2.45) is 17.3 Å². The summed E-state index contributed by atoms with van der Waals surface area (Å²) < 4.78 is 5.86. The van der Waals surface area contributed by atoms with Crippen molar-refractivity contribution < 1.29 is 14.6 Å². The number of fused-ring (bicyclic) bond motifs is 4. The van der Waals surface area contributed by atoms with Crippen LogP contribution in [0.25, 0.3) is 11.1 Å². The highest BCUT2D eigenvalue weighted by Gasteiger charge is 2.48. The zero-order chi connectivity index (χ0) is 24.9. The van der Waals surface area contributed by atoms with Gasteiger partial charge >= 0.3 is 0 Å². The Morgan fingerprint density at radius 2 is 1.86 bits per heavy atom. The fourth-order valence-corrected chi connectivity index (χ4v) is 6.70. The van der Waals surface area contributed by atoms with Crippen molar-refractivity contribution in [2.75, 3.05) is 26.2 Å². The minimum atomic E-state index is -1.02. The Morgan fingerprint density at radius 3 is 2.43 bits per heavy atom. The standard InChI is InChI=1S/C30H40N2O3/c1-19(2)18-35-24-8-6-21(7-9-24)25-15-23-16-30(4,5)28(26(23)14-20(25)3)32(29(33)34)27-17-31-12-10-22(27)11-13-31/h6-9,14-15,19,22,27-28H,10-13,16-18H2,1-5H3,(H,33,34)/p-1/t27-,28+/m1/s1. The number of piperidine rings is 3. The molecule has 0 unspecified atom stereocenters. The first kappa shape index (κ1) is 24.2. The van der Waals surface area contributed by atoms with Crippen molar-refractivity contribution in [1.29, 1.82) is 0 Å². The largest absolute Gasteiger partial charge is 0.530 e. The number of benzene rings is 2. The van der Waals surface area contributed by atoms with Crippen LogP contribution in [0.3, 0.4) is 0 Å². The molecule has 0 saturated carbocycles. The molecule has 3 aliphatic heterocycles. The number of nitrogens with zero attached hydrogens (tertiary/aromatic N) is 2. The molecule has 1 aliphatic carbocycles. The number of carboxylic acid groups (broad SMARTS) is 1. The average Bonchev–Trinajstić information content (AvgIpc) is 3.07. The maximum atomic E-state index is 12.6. The van der Waals surface area contributed by atoms with Gasteiger partial charge in [-0.3, -0.25) is 0 Å². The van der Waals surface area contributed by atoms with Gasteiger partial charge in [-0.15, -0.1) is 0 Å². The molecule has 2 bridgehead atoms. The molecule has 0 N–H and O–H groups in total. The maximum absolute atomic E-state index is 12.6. The van der Waals surface area contributed by atoms with E-state index < -0.39 is 6.09 Å². The Hall–Kier alpha value is -2.53. The number of hydrogen-bond donors (Lipinski definition) is 0. The molecule has 0 aromatic heterocycles. The third-order valence-electron chi connectivity index (χ3n) is 8.38. The van der Waals surface area contributed by atoms with Gasteiger partial charge in [0.05, 0.1) is 12.6 Å². The average molecular weight is 476 g/mol. The van der Waals surface area contributed by atoms with Crippen molar-refractivity contribution in [1.82, 2.24) is 9.80 Å². The molecule has 2 aromatic carbocycles. The van der Waals surface area contributed by atoms with Gasteiger partial charge in [0.1, 0.15) is 11.8 Å². The van der Waals surface area contributed by atoms with Gasteiger partial charge < -0.3 is 24.4 Å². The SMILES string of the molecule is Cc1cc2c(cc1-c1ccc(OCC(C)C)cc1)CC(C)(C)[C@H]2N(C(=O)[O-])[C@@H]1CN2CCC1CC2. The predicted octanol–water partition coefficient (Wildman–Crippen LogP) is 5.06. The molecule has 188 valence electrons. The van der Waals surface area contributed by atoms with Crippen molar-refractivity contribution in [2.45, 2.75) is 66.0 Å². The van der Waals surface area contributed by atoms with E-state index in [-0.39, 0.29) is 17.5 Å². The van der Waals surface area contributed by atoms with Gasteiger partial charge in [-0.25, -0.2) is 0 Å². The molecule has 0 spiro atoms. The van der Waals surface area contributed by atoms with Crippen LogP contribution >= 0.6 is 0 Å². The van der Waals surface area contributed by atoms with Gasteiger partial charge in [-0.05, 0) is 96.5 Å². The second-order valence-electron chi connectivity index (χ2n) is 12.0. The van der Waals surface area contributed by atoms with Crippen LogP contribution in [0.2, 0.25) is 0 Å². The summed E-state index contributed by atoms with van der Waals surface area (Å²) in [7, 11) is 0. The lowest BCUT2D eigenvalue weighted by Gasteiger charge is -2.53. The minimum absolute atomic E-state index is 0.0242. The summed E-state index contributed by atoms with van der Waals surface area (Å²) in [6, 6.07) is 12.7. The molecule has 35 heavy (non-hydrogen) atoms. The van der Waals surface area contributed by atoms with Crippen LogP contribution in [-0.4, -0.2) is 48.2 Å². The normalized spacial score (nSPS) is 26.6. The van der Waals surface area contributed by atoms with E-state index in [1.807, 2.05) is 12.1 Å². The quantitative estimate of drug-likeness (QED) is 0.586. The summed E-state index contributed by atoms with van der Waals surface area (Å²) in [6.45, 7) is 14.6. The summed E-state index contributed by atoms with van der Waals surface area (Å²) >= 11 is 0. The second kappa shape index (κ2) is 9.16. The first-order chi connectivity index (χ1) is 16.6. The van der Waals surface area contributed by atoms with Gasteiger partial charge in [-0.2, -0.15) is 0 Å². The van der Waals surface area contributed by atoms with Crippen molar-refractivity contribution in [3.63, 3.8) is 0 Å². The fourth-order valence-electron chi connectivity index (χ4n) is 6.70. The smallest absolute Gasteiger partial charge is 0.137 e. The molecule has 2 atom stereocenters. The lowest BCUT2D eigenvalue weighted by Crippen LogP contribution is -2.62. The molecule has 4 aliphatic rings. The molecule has 3 fully saturated rings. The van der Waals surface area contributed by atoms with Crippen LogP contribution in [0.5, 0.6) is 5.75 Å². The molecule has 6 rings (SSSR count). The van der Waals surface area contributed by atoms with Gasteiger partial charge in [0.2, 0.25) is 0 Å². The molecule has 5 nitrogen and oxygen atoms in total. The Labute approximate surface area is 210 Å². The Morgan fingerprint density at radius 1 is 1.17 bits per heavy atom. The van der Waals surface area contributed by atoms with E-state index in [1.165, 1.54) is 16.7 Å². The number of rotatable bonds is 6. The molecular weight excluding hydrogens is 436 g/mol. The number of carbonyl (C=O) groups excluding carboxylic acids is 1. The zero-order valence-electron chi connectivity index (χ0n) is 21.8. The van der Waals surface area contributed by atoms with Crippen molar-refractivity contribution >= 4 is 6.09 Å². The van der Waals surface area contributed by atoms with E-state index in [0.29, 0.717) is 18.4 Å². The number of ether oxygens (including phenoxy) is 1. The molecular formula is C30H39N2O3-. The molecule has 1 amide bonds. The molecule has 5 heteroatoms. The van der Waals surface area contributed by atoms with Crippen molar-refractivity contribution in [3.8, 4) is 16.9 Å². The third-order valence-corrected chi connectivity index (χ3v) is 8.38. The third kappa shape index (κ3) is 4.55. The number of aryl methyl sites for hydroxylation is 1. The zero-order valence-corrected chi connectivity index (χ0v) is 21.8. The fraction of sp³-hybridized carbons (Fsp3) is 0.567. The van der Waals surface area contributed by atoms with E-state index in [0.717, 1.165) is 55.8 Å². The first-order valence-electron chi connectivity index (χ1n) is 13.2. The highest BCUT2D eigenvalue weighted by molar-refractivity contribution is 5.71. The monoisotopic (exact) mass is 475 g/mol. The predicted molar refractivity (Wildman–Crippen MR) is 137 cm³/mol. The van der Waals surface area contributed by atoms with E-state index in [1.54, 1.807) is 4.90 Å². The summed E-state index contributed by atoms with van der Waals surface area (Å²) in [5.41, 5.74) is 5.78. The van der Waals surface area contributed by atoms with Crippen molar-refractivity contribution in [3.05, 3.63) is 53.1 Å². The van der Waals surface area contributed by atoms with E-state index in [4.69, 9.17) is 4.74 Å². The number of carbonyl (C=O) groups is 1. The highest BCUT2D eigenvalue weighted by Crippen LogP contribution is 2.52. The van der Waals surface area contributed by atoms with E-state index >= 15 is 0 Å². The van der Waals surface area contributed by atoms with Gasteiger partial charge in [-0.1, -0.05) is 52.0 Å². The summed E-state index contributed by atoms with van der Waals surface area (Å²) in [4.78, 5) is 16.8. The van der Waals surface area contributed by atoms with Crippen LogP contribution in [0.4, 0.5) is 4.79 Å². The molecule has 3 saturated heterocycles. The van der Waals surface area contributed by atoms with Crippen LogP contribution in [0.1, 0.15) is 63.3 Å². The number of hydrogen-bond acceptors (Lipinski definition) is 4. The van der Waals surface area contributed by atoms with Gasteiger partial charge in [0, 0.05) is 12.6 Å². The molecule has 3 heterocycles. The topological polar surface area (TPSA) is 55.8 Å². The Balaban J connectivity index is 1.47. The summed E-state index contributed by atoms with van der Waals surface area (Å²) in [5.74, 6) is 1.82. The van der Waals surface area contributed by atoms with Crippen LogP contribution in [0.15, 0.2) is 36.4 Å². The lowest BCUT2D eigenvalue weighted by molar-refractivity contribution is -0.276. The maximum Gasteiger partial charge on any atom is 0.137 e. The van der Waals surface area contributed by atoms with Crippen LogP contribution in [0, 0.1) is 24.2 Å². The minimum Gasteiger partial charge on any atom is -0.530 e. The Kier molecular flexibility index (Phi) is 6.33. The highest BCUT2D eigenvalue weighted by atomic mass is 16.5. The van der Waals surface area contributed by atoms with Gasteiger partial charge in [0.25, 0.3) is 0 Å². The summed E-state index contributed by atoms with van der Waals surface area (Å²) in [5, 5.41) is 12.6. The second-order valence-corrected chi connectivity index (χ2v) is 12.0.